The molecule has 0 atom stereocenters. The van der Waals surface area contributed by atoms with Crippen molar-refractivity contribution in [1.29, 1.82) is 0 Å². The molecule has 1 rings (SSSR count). The summed E-state index contributed by atoms with van der Waals surface area (Å²) in [5, 5.41) is 18.2. The number of aliphatic hydroxyl groups is 1. The molecule has 1 aromatic carbocycles. The summed E-state index contributed by atoms with van der Waals surface area (Å²) in [7, 11) is -3.82. The van der Waals surface area contributed by atoms with Crippen molar-refractivity contribution in [1.82, 2.24) is 0 Å². The molecule has 0 spiro atoms. The molecule has 0 aliphatic carbocycles. The highest BCUT2D eigenvalue weighted by molar-refractivity contribution is 7.89. The molecule has 0 aromatic heterocycles. The van der Waals surface area contributed by atoms with Crippen LogP contribution in [0.1, 0.15) is 27.7 Å². The Hall–Kier alpha value is -1.31. The van der Waals surface area contributed by atoms with E-state index in [1.165, 1.54) is 12.1 Å². The second-order valence-corrected chi connectivity index (χ2v) is 7.21. The van der Waals surface area contributed by atoms with Crippen molar-refractivity contribution in [3.8, 4) is 0 Å². The molecule has 19 heavy (non-hydrogen) atoms. The van der Waals surface area contributed by atoms with E-state index in [1.54, 1.807) is 33.8 Å². The summed E-state index contributed by atoms with van der Waals surface area (Å²) in [6, 6.07) is 4.26. The summed E-state index contributed by atoms with van der Waals surface area (Å²) in [6.07, 6.45) is 0. The monoisotopic (exact) mass is 287 g/mol. The van der Waals surface area contributed by atoms with Gasteiger partial charge >= 0.3 is 0 Å². The molecule has 0 aliphatic rings. The van der Waals surface area contributed by atoms with Crippen LogP contribution in [0.2, 0.25) is 0 Å². The van der Waals surface area contributed by atoms with Crippen molar-refractivity contribution in [3.05, 3.63) is 18.2 Å². The highest BCUT2D eigenvalue weighted by atomic mass is 32.2. The maximum absolute atomic E-state index is 11.3. The minimum absolute atomic E-state index is 0.0680. The third-order valence-electron chi connectivity index (χ3n) is 3.24. The third-order valence-corrected chi connectivity index (χ3v) is 4.14. The summed E-state index contributed by atoms with van der Waals surface area (Å²) >= 11 is 0. The van der Waals surface area contributed by atoms with E-state index in [4.69, 9.17) is 10.9 Å². The van der Waals surface area contributed by atoms with Gasteiger partial charge in [0.05, 0.1) is 16.0 Å². The Morgan fingerprint density at radius 3 is 2.11 bits per heavy atom. The first kappa shape index (κ1) is 15.7. The normalized spacial score (nSPS) is 13.4. The van der Waals surface area contributed by atoms with Gasteiger partial charge in [-0.15, -0.1) is 0 Å². The number of nitrogens with two attached hydrogens (primary N) is 2. The number of rotatable bonds is 4. The lowest BCUT2D eigenvalue weighted by Crippen LogP contribution is -2.51. The number of hydrogen-bond donors (Lipinski definition) is 4. The van der Waals surface area contributed by atoms with Crippen LogP contribution >= 0.6 is 0 Å². The fourth-order valence-corrected chi connectivity index (χ4v) is 1.96. The van der Waals surface area contributed by atoms with E-state index in [0.29, 0.717) is 5.69 Å². The Morgan fingerprint density at radius 2 is 1.68 bits per heavy atom. The van der Waals surface area contributed by atoms with Crippen LogP contribution in [0, 0.1) is 0 Å². The van der Waals surface area contributed by atoms with Crippen LogP contribution in [-0.4, -0.2) is 24.7 Å². The van der Waals surface area contributed by atoms with E-state index < -0.39 is 21.2 Å². The molecule has 0 heterocycles. The molecule has 0 saturated heterocycles. The Kier molecular flexibility index (Phi) is 3.86. The number of nitrogen functional groups attached to an aromatic ring is 1. The van der Waals surface area contributed by atoms with Crippen LogP contribution in [0.15, 0.2) is 23.1 Å². The first-order valence-corrected chi connectivity index (χ1v) is 7.31. The Balaban J connectivity index is 3.21. The van der Waals surface area contributed by atoms with Crippen molar-refractivity contribution < 1.29 is 13.5 Å². The predicted octanol–water partition coefficient (Wildman–Crippen LogP) is 0.878. The van der Waals surface area contributed by atoms with Gasteiger partial charge in [0, 0.05) is 11.4 Å². The molecule has 0 unspecified atom stereocenters. The molecule has 7 heteroatoms. The predicted molar refractivity (Wildman–Crippen MR) is 76.2 cm³/mol. The fraction of sp³-hybridized carbons (Fsp3) is 0.500. The summed E-state index contributed by atoms with van der Waals surface area (Å²) < 4.78 is 22.7. The SMILES string of the molecule is CC(C)(O)C(C)(C)Nc1cc(N)cc(S(N)(=O)=O)c1. The zero-order valence-corrected chi connectivity index (χ0v) is 12.4. The average Bonchev–Trinajstić information content (AvgIpc) is 2.12. The fourth-order valence-electron chi connectivity index (χ4n) is 1.37. The standard InChI is InChI=1S/C12H21N3O3S/c1-11(2,12(3,4)16)15-9-5-8(13)6-10(7-9)19(14,17)18/h5-7,15-16H,13H2,1-4H3,(H2,14,17,18). The van der Waals surface area contributed by atoms with Gasteiger partial charge < -0.3 is 16.2 Å². The first-order chi connectivity index (χ1) is 8.33. The smallest absolute Gasteiger partial charge is 0.238 e. The van der Waals surface area contributed by atoms with Gasteiger partial charge in [0.15, 0.2) is 0 Å². The molecular weight excluding hydrogens is 266 g/mol. The van der Waals surface area contributed by atoms with Gasteiger partial charge in [-0.2, -0.15) is 0 Å². The topological polar surface area (TPSA) is 118 Å². The highest BCUT2D eigenvalue weighted by Gasteiger charge is 2.35. The van der Waals surface area contributed by atoms with Gasteiger partial charge in [-0.3, -0.25) is 0 Å². The molecule has 0 bridgehead atoms. The van der Waals surface area contributed by atoms with E-state index in [-0.39, 0.29) is 10.6 Å². The van der Waals surface area contributed by atoms with Crippen molar-refractivity contribution in [2.75, 3.05) is 11.1 Å². The van der Waals surface area contributed by atoms with Crippen molar-refractivity contribution in [2.45, 2.75) is 43.7 Å². The van der Waals surface area contributed by atoms with Crippen LogP contribution in [0.4, 0.5) is 11.4 Å². The Morgan fingerprint density at radius 1 is 1.16 bits per heavy atom. The number of nitrogens with one attached hydrogen (secondary N) is 1. The van der Waals surface area contributed by atoms with Gasteiger partial charge in [-0.05, 0) is 45.9 Å². The zero-order chi connectivity index (χ0) is 15.1. The molecule has 0 radical (unpaired) electrons. The van der Waals surface area contributed by atoms with Crippen molar-refractivity contribution >= 4 is 21.4 Å². The number of hydrogen-bond acceptors (Lipinski definition) is 5. The Labute approximate surface area is 113 Å². The van der Waals surface area contributed by atoms with Gasteiger partial charge in [0.1, 0.15) is 0 Å². The molecule has 1 aromatic rings. The lowest BCUT2D eigenvalue weighted by molar-refractivity contribution is 0.0240. The zero-order valence-electron chi connectivity index (χ0n) is 11.6. The molecule has 108 valence electrons. The van der Waals surface area contributed by atoms with E-state index >= 15 is 0 Å². The minimum atomic E-state index is -3.82. The molecule has 0 amide bonds. The lowest BCUT2D eigenvalue weighted by atomic mass is 9.86. The number of sulfonamides is 1. The van der Waals surface area contributed by atoms with E-state index in [9.17, 15) is 13.5 Å². The second-order valence-electron chi connectivity index (χ2n) is 5.64. The Bertz CT molecular complexity index is 574. The van der Waals surface area contributed by atoms with E-state index in [0.717, 1.165) is 0 Å². The summed E-state index contributed by atoms with van der Waals surface area (Å²) in [6.45, 7) is 6.92. The summed E-state index contributed by atoms with van der Waals surface area (Å²) in [4.78, 5) is -0.0680. The van der Waals surface area contributed by atoms with Crippen LogP contribution in [-0.2, 0) is 10.0 Å². The van der Waals surface area contributed by atoms with Crippen LogP contribution in [0.25, 0.3) is 0 Å². The van der Waals surface area contributed by atoms with Gasteiger partial charge in [0.2, 0.25) is 10.0 Å². The average molecular weight is 287 g/mol. The van der Waals surface area contributed by atoms with Crippen molar-refractivity contribution in [2.24, 2.45) is 5.14 Å². The largest absolute Gasteiger partial charge is 0.399 e. The molecular formula is C12H21N3O3S. The second kappa shape index (κ2) is 4.66. The van der Waals surface area contributed by atoms with E-state index in [2.05, 4.69) is 5.32 Å². The first-order valence-electron chi connectivity index (χ1n) is 5.77. The molecule has 6 N–H and O–H groups in total. The maximum atomic E-state index is 11.3. The van der Waals surface area contributed by atoms with Crippen molar-refractivity contribution in [3.63, 3.8) is 0 Å². The van der Waals surface area contributed by atoms with Crippen LogP contribution in [0.3, 0.4) is 0 Å². The van der Waals surface area contributed by atoms with Gasteiger partial charge in [-0.25, -0.2) is 13.6 Å². The number of primary sulfonamides is 1. The number of anilines is 2. The van der Waals surface area contributed by atoms with Gasteiger partial charge in [-0.1, -0.05) is 0 Å². The highest BCUT2D eigenvalue weighted by Crippen LogP contribution is 2.28. The van der Waals surface area contributed by atoms with Crippen LogP contribution < -0.4 is 16.2 Å². The summed E-state index contributed by atoms with van der Waals surface area (Å²) in [5.41, 5.74) is 4.72. The third kappa shape index (κ3) is 3.82. The minimum Gasteiger partial charge on any atom is -0.399 e. The number of benzene rings is 1. The molecule has 0 fully saturated rings. The lowest BCUT2D eigenvalue weighted by Gasteiger charge is -2.39. The quantitative estimate of drug-likeness (QED) is 0.613. The van der Waals surface area contributed by atoms with Gasteiger partial charge in [0.25, 0.3) is 0 Å². The van der Waals surface area contributed by atoms with Crippen LogP contribution in [0.5, 0.6) is 0 Å². The van der Waals surface area contributed by atoms with E-state index in [1.807, 2.05) is 0 Å². The molecule has 0 aliphatic heterocycles. The maximum Gasteiger partial charge on any atom is 0.238 e. The summed E-state index contributed by atoms with van der Waals surface area (Å²) in [5.74, 6) is 0. The molecule has 0 saturated carbocycles. The molecule has 6 nitrogen and oxygen atoms in total.